The van der Waals surface area contributed by atoms with Gasteiger partial charge in [-0.25, -0.2) is 9.97 Å². The molecule has 0 aliphatic carbocycles. The minimum absolute atomic E-state index is 0.136. The molecule has 1 spiro atoms. The zero-order valence-electron chi connectivity index (χ0n) is 11.1. The first kappa shape index (κ1) is 12.1. The van der Waals surface area contributed by atoms with E-state index in [-0.39, 0.29) is 11.8 Å². The van der Waals surface area contributed by atoms with Gasteiger partial charge in [-0.3, -0.25) is 14.9 Å². The van der Waals surface area contributed by atoms with Crippen LogP contribution in [0.1, 0.15) is 24.1 Å². The fourth-order valence-corrected chi connectivity index (χ4v) is 2.92. The van der Waals surface area contributed by atoms with E-state index >= 15 is 0 Å². The normalized spacial score (nSPS) is 26.3. The predicted molar refractivity (Wildman–Crippen MR) is 68.5 cm³/mol. The topological polar surface area (TPSA) is 75.2 Å². The number of imide groups is 1. The van der Waals surface area contributed by atoms with Gasteiger partial charge >= 0.3 is 0 Å². The van der Waals surface area contributed by atoms with E-state index in [9.17, 15) is 9.59 Å². The number of hydrogen-bond acceptors (Lipinski definition) is 5. The van der Waals surface area contributed by atoms with Crippen molar-refractivity contribution in [3.8, 4) is 0 Å². The largest absolute Gasteiger partial charge is 0.355 e. The summed E-state index contributed by atoms with van der Waals surface area (Å²) in [6.45, 7) is 5.23. The SMILES string of the molecule is Cc1ncnc(N2CC[C@@]3(CC(=O)NC3=O)C2)c1C. The highest BCUT2D eigenvalue weighted by molar-refractivity contribution is 6.06. The number of nitrogens with one attached hydrogen (secondary N) is 1. The number of carbonyl (C=O) groups is 2. The summed E-state index contributed by atoms with van der Waals surface area (Å²) in [5, 5.41) is 2.41. The van der Waals surface area contributed by atoms with Crippen LogP contribution < -0.4 is 10.2 Å². The lowest BCUT2D eigenvalue weighted by molar-refractivity contribution is -0.127. The minimum Gasteiger partial charge on any atom is -0.355 e. The molecule has 0 saturated carbocycles. The van der Waals surface area contributed by atoms with Crippen molar-refractivity contribution in [1.82, 2.24) is 15.3 Å². The summed E-state index contributed by atoms with van der Waals surface area (Å²) >= 11 is 0. The maximum absolute atomic E-state index is 11.9. The van der Waals surface area contributed by atoms with E-state index in [0.29, 0.717) is 19.4 Å². The number of anilines is 1. The van der Waals surface area contributed by atoms with Crippen molar-refractivity contribution in [1.29, 1.82) is 0 Å². The van der Waals surface area contributed by atoms with Gasteiger partial charge in [0, 0.05) is 30.8 Å². The van der Waals surface area contributed by atoms with Crippen LogP contribution in [-0.2, 0) is 9.59 Å². The van der Waals surface area contributed by atoms with Crippen LogP contribution in [0, 0.1) is 19.3 Å². The van der Waals surface area contributed by atoms with Crippen LogP contribution in [0.25, 0.3) is 0 Å². The second kappa shape index (κ2) is 4.01. The molecule has 0 radical (unpaired) electrons. The van der Waals surface area contributed by atoms with Crippen LogP contribution in [0.2, 0.25) is 0 Å². The zero-order chi connectivity index (χ0) is 13.6. The smallest absolute Gasteiger partial charge is 0.235 e. The van der Waals surface area contributed by atoms with Crippen molar-refractivity contribution in [2.24, 2.45) is 5.41 Å². The summed E-state index contributed by atoms with van der Waals surface area (Å²) in [7, 11) is 0. The van der Waals surface area contributed by atoms with Gasteiger partial charge in [0.2, 0.25) is 11.8 Å². The Hall–Kier alpha value is -1.98. The third kappa shape index (κ3) is 1.78. The van der Waals surface area contributed by atoms with Crippen LogP contribution in [0.3, 0.4) is 0 Å². The van der Waals surface area contributed by atoms with Crippen LogP contribution in [-0.4, -0.2) is 34.9 Å². The lowest BCUT2D eigenvalue weighted by Gasteiger charge is -2.22. The maximum Gasteiger partial charge on any atom is 0.235 e. The van der Waals surface area contributed by atoms with Crippen molar-refractivity contribution >= 4 is 17.6 Å². The molecule has 2 amide bonds. The Balaban J connectivity index is 1.89. The predicted octanol–water partition coefficient (Wildman–Crippen LogP) is 0.336. The van der Waals surface area contributed by atoms with E-state index in [1.165, 1.54) is 0 Å². The molecular formula is C13H16N4O2. The Kier molecular flexibility index (Phi) is 2.55. The summed E-state index contributed by atoms with van der Waals surface area (Å²) in [4.78, 5) is 33.9. The van der Waals surface area contributed by atoms with Crippen molar-refractivity contribution in [2.45, 2.75) is 26.7 Å². The standard InChI is InChI=1S/C13H16N4O2/c1-8-9(2)14-7-15-11(8)17-4-3-13(6-17)5-10(18)16-12(13)19/h7H,3-6H2,1-2H3,(H,16,18,19)/t13-/m1/s1. The molecule has 3 heterocycles. The Morgan fingerprint density at radius 3 is 2.79 bits per heavy atom. The summed E-state index contributed by atoms with van der Waals surface area (Å²) in [5.41, 5.74) is 1.42. The van der Waals surface area contributed by atoms with Gasteiger partial charge in [0.05, 0.1) is 5.41 Å². The minimum atomic E-state index is -0.553. The average Bonchev–Trinajstić information content (AvgIpc) is 2.88. The molecule has 2 saturated heterocycles. The third-order valence-corrected chi connectivity index (χ3v) is 4.20. The van der Waals surface area contributed by atoms with E-state index in [0.717, 1.165) is 23.6 Å². The molecule has 0 aromatic carbocycles. The van der Waals surface area contributed by atoms with Gasteiger partial charge < -0.3 is 4.90 Å². The molecule has 6 nitrogen and oxygen atoms in total. The lowest BCUT2D eigenvalue weighted by atomic mass is 9.85. The molecule has 6 heteroatoms. The van der Waals surface area contributed by atoms with E-state index in [2.05, 4.69) is 20.2 Å². The highest BCUT2D eigenvalue weighted by Crippen LogP contribution is 2.39. The van der Waals surface area contributed by atoms with Crippen LogP contribution >= 0.6 is 0 Å². The average molecular weight is 260 g/mol. The molecular weight excluding hydrogens is 244 g/mol. The highest BCUT2D eigenvalue weighted by Gasteiger charge is 2.51. The molecule has 3 rings (SSSR count). The van der Waals surface area contributed by atoms with E-state index in [1.54, 1.807) is 6.33 Å². The van der Waals surface area contributed by atoms with Crippen molar-refractivity contribution in [3.05, 3.63) is 17.6 Å². The number of nitrogens with zero attached hydrogens (tertiary/aromatic N) is 3. The number of carbonyl (C=O) groups excluding carboxylic acids is 2. The van der Waals surface area contributed by atoms with Gasteiger partial charge in [0.1, 0.15) is 12.1 Å². The number of rotatable bonds is 1. The van der Waals surface area contributed by atoms with Crippen LogP contribution in [0.5, 0.6) is 0 Å². The molecule has 0 bridgehead atoms. The Morgan fingerprint density at radius 1 is 1.32 bits per heavy atom. The summed E-state index contributed by atoms with van der Waals surface area (Å²) < 4.78 is 0. The molecule has 0 unspecified atom stereocenters. The number of aryl methyl sites for hydroxylation is 1. The van der Waals surface area contributed by atoms with Crippen LogP contribution in [0.4, 0.5) is 5.82 Å². The second-order valence-electron chi connectivity index (χ2n) is 5.41. The first-order valence-electron chi connectivity index (χ1n) is 6.39. The van der Waals surface area contributed by atoms with E-state index < -0.39 is 5.41 Å². The molecule has 1 aromatic rings. The molecule has 19 heavy (non-hydrogen) atoms. The van der Waals surface area contributed by atoms with Crippen molar-refractivity contribution in [3.63, 3.8) is 0 Å². The van der Waals surface area contributed by atoms with Crippen LogP contribution in [0.15, 0.2) is 6.33 Å². The number of hydrogen-bond donors (Lipinski definition) is 1. The Bertz CT molecular complexity index is 572. The summed E-state index contributed by atoms with van der Waals surface area (Å²) in [5.74, 6) is 0.572. The van der Waals surface area contributed by atoms with Gasteiger partial charge in [-0.15, -0.1) is 0 Å². The van der Waals surface area contributed by atoms with Gasteiger partial charge in [-0.2, -0.15) is 0 Å². The quantitative estimate of drug-likeness (QED) is 0.737. The molecule has 1 N–H and O–H groups in total. The Morgan fingerprint density at radius 2 is 2.11 bits per heavy atom. The molecule has 2 aliphatic heterocycles. The van der Waals surface area contributed by atoms with Gasteiger partial charge in [-0.1, -0.05) is 0 Å². The molecule has 2 aliphatic rings. The summed E-state index contributed by atoms with van der Waals surface area (Å²) in [6.07, 6.45) is 2.54. The zero-order valence-corrected chi connectivity index (χ0v) is 11.1. The lowest BCUT2D eigenvalue weighted by Crippen LogP contribution is -2.35. The second-order valence-corrected chi connectivity index (χ2v) is 5.41. The first-order chi connectivity index (χ1) is 9.02. The molecule has 100 valence electrons. The highest BCUT2D eigenvalue weighted by atomic mass is 16.2. The number of aromatic nitrogens is 2. The van der Waals surface area contributed by atoms with Gasteiger partial charge in [0.15, 0.2) is 0 Å². The van der Waals surface area contributed by atoms with Crippen molar-refractivity contribution < 1.29 is 9.59 Å². The van der Waals surface area contributed by atoms with Crippen molar-refractivity contribution in [2.75, 3.05) is 18.0 Å². The fourth-order valence-electron chi connectivity index (χ4n) is 2.92. The third-order valence-electron chi connectivity index (χ3n) is 4.20. The first-order valence-corrected chi connectivity index (χ1v) is 6.39. The Labute approximate surface area is 111 Å². The number of amides is 2. The molecule has 1 atom stereocenters. The van der Waals surface area contributed by atoms with E-state index in [4.69, 9.17) is 0 Å². The fraction of sp³-hybridized carbons (Fsp3) is 0.538. The van der Waals surface area contributed by atoms with Gasteiger partial charge in [-0.05, 0) is 20.3 Å². The monoisotopic (exact) mass is 260 g/mol. The molecule has 1 aromatic heterocycles. The maximum atomic E-state index is 11.9. The van der Waals surface area contributed by atoms with E-state index in [1.807, 2.05) is 13.8 Å². The van der Waals surface area contributed by atoms with Gasteiger partial charge in [0.25, 0.3) is 0 Å². The summed E-state index contributed by atoms with van der Waals surface area (Å²) in [6, 6.07) is 0. The molecule has 2 fully saturated rings.